The van der Waals surface area contributed by atoms with Gasteiger partial charge in [-0.3, -0.25) is 4.79 Å². The van der Waals surface area contributed by atoms with Crippen LogP contribution in [0.4, 0.5) is 0 Å². The molecule has 2 fully saturated rings. The van der Waals surface area contributed by atoms with Crippen molar-refractivity contribution in [3.63, 3.8) is 0 Å². The highest BCUT2D eigenvalue weighted by Crippen LogP contribution is 2.12. The molecule has 4 nitrogen and oxygen atoms in total. The number of hydrogen-bond acceptors (Lipinski definition) is 3. The van der Waals surface area contributed by atoms with Crippen LogP contribution in [-0.4, -0.2) is 38.3 Å². The summed E-state index contributed by atoms with van der Waals surface area (Å²) in [5, 5.41) is 6.38. The predicted molar refractivity (Wildman–Crippen MR) is 57.6 cm³/mol. The summed E-state index contributed by atoms with van der Waals surface area (Å²) in [7, 11) is 0. The van der Waals surface area contributed by atoms with Crippen LogP contribution in [-0.2, 0) is 9.53 Å². The van der Waals surface area contributed by atoms with Gasteiger partial charge in [0.1, 0.15) is 0 Å². The van der Waals surface area contributed by atoms with E-state index >= 15 is 0 Å². The lowest BCUT2D eigenvalue weighted by molar-refractivity contribution is -0.119. The third kappa shape index (κ3) is 3.47. The first-order chi connectivity index (χ1) is 7.34. The van der Waals surface area contributed by atoms with Crippen LogP contribution in [0, 0.1) is 5.92 Å². The van der Waals surface area contributed by atoms with Gasteiger partial charge in [-0.1, -0.05) is 0 Å². The van der Waals surface area contributed by atoms with E-state index in [1.807, 2.05) is 0 Å². The van der Waals surface area contributed by atoms with Crippen LogP contribution in [0.3, 0.4) is 0 Å². The molecule has 0 aromatic rings. The molecule has 2 rings (SSSR count). The predicted octanol–water partition coefficient (Wildman–Crippen LogP) is 0.281. The van der Waals surface area contributed by atoms with E-state index in [2.05, 4.69) is 10.6 Å². The third-order valence-corrected chi connectivity index (χ3v) is 3.16. The fraction of sp³-hybridized carbons (Fsp3) is 0.909. The van der Waals surface area contributed by atoms with Crippen molar-refractivity contribution in [2.24, 2.45) is 5.92 Å². The van der Waals surface area contributed by atoms with Crippen molar-refractivity contribution in [3.8, 4) is 0 Å². The zero-order valence-electron chi connectivity index (χ0n) is 9.13. The van der Waals surface area contributed by atoms with Crippen LogP contribution in [0.25, 0.3) is 0 Å². The fourth-order valence-electron chi connectivity index (χ4n) is 2.26. The summed E-state index contributed by atoms with van der Waals surface area (Å²) in [6.45, 7) is 3.74. The van der Waals surface area contributed by atoms with E-state index < -0.39 is 0 Å². The summed E-state index contributed by atoms with van der Waals surface area (Å²) in [5.41, 5.74) is 0. The van der Waals surface area contributed by atoms with Crippen molar-refractivity contribution in [1.82, 2.24) is 10.6 Å². The number of carbonyl (C=O) groups excluding carboxylic acids is 1. The number of amides is 1. The van der Waals surface area contributed by atoms with Crippen LogP contribution in [0.1, 0.15) is 25.7 Å². The van der Waals surface area contributed by atoms with E-state index in [-0.39, 0.29) is 5.91 Å². The molecule has 2 aliphatic rings. The Hall–Kier alpha value is -0.610. The quantitative estimate of drug-likeness (QED) is 0.704. The second kappa shape index (κ2) is 5.47. The molecule has 0 aromatic heterocycles. The highest BCUT2D eigenvalue weighted by Gasteiger charge is 2.20. The van der Waals surface area contributed by atoms with E-state index in [1.54, 1.807) is 0 Å². The Morgan fingerprint density at radius 1 is 1.40 bits per heavy atom. The molecule has 15 heavy (non-hydrogen) atoms. The normalized spacial score (nSPS) is 31.6. The van der Waals surface area contributed by atoms with Gasteiger partial charge in [0.05, 0.1) is 6.61 Å². The summed E-state index contributed by atoms with van der Waals surface area (Å²) in [6, 6.07) is 0.349. The molecule has 1 amide bonds. The summed E-state index contributed by atoms with van der Waals surface area (Å²) in [6.07, 6.45) is 4.13. The van der Waals surface area contributed by atoms with E-state index in [4.69, 9.17) is 4.74 Å². The summed E-state index contributed by atoms with van der Waals surface area (Å²) in [5.74, 6) is 0.860. The maximum absolute atomic E-state index is 11.0. The molecule has 0 spiro atoms. The molecule has 0 radical (unpaired) electrons. The summed E-state index contributed by atoms with van der Waals surface area (Å²) in [4.78, 5) is 11.0. The maximum atomic E-state index is 11.0. The van der Waals surface area contributed by atoms with Gasteiger partial charge >= 0.3 is 0 Å². The number of rotatable bonds is 4. The first-order valence-corrected chi connectivity index (χ1v) is 5.92. The Morgan fingerprint density at radius 2 is 2.33 bits per heavy atom. The monoisotopic (exact) mass is 212 g/mol. The van der Waals surface area contributed by atoms with Crippen molar-refractivity contribution in [1.29, 1.82) is 0 Å². The zero-order valence-corrected chi connectivity index (χ0v) is 9.13. The first kappa shape index (κ1) is 10.9. The minimum absolute atomic E-state index is 0.197. The lowest BCUT2D eigenvalue weighted by atomic mass is 10.0. The van der Waals surface area contributed by atoms with Crippen molar-refractivity contribution in [2.45, 2.75) is 31.7 Å². The lowest BCUT2D eigenvalue weighted by Crippen LogP contribution is -2.38. The van der Waals surface area contributed by atoms with Crippen LogP contribution < -0.4 is 10.6 Å². The van der Waals surface area contributed by atoms with Gasteiger partial charge in [-0.15, -0.1) is 0 Å². The molecule has 2 unspecified atom stereocenters. The van der Waals surface area contributed by atoms with E-state index in [9.17, 15) is 4.79 Å². The van der Waals surface area contributed by atoms with Gasteiger partial charge in [-0.05, 0) is 25.2 Å². The Bertz CT molecular complexity index is 215. The fourth-order valence-corrected chi connectivity index (χ4v) is 2.26. The molecular weight excluding hydrogens is 192 g/mol. The Balaban J connectivity index is 1.56. The SMILES string of the molecule is O=C1CCC(CNCC2CCCOC2)N1. The highest BCUT2D eigenvalue weighted by atomic mass is 16.5. The van der Waals surface area contributed by atoms with E-state index in [0.717, 1.165) is 32.7 Å². The Labute approximate surface area is 90.8 Å². The van der Waals surface area contributed by atoms with Crippen molar-refractivity contribution in [3.05, 3.63) is 0 Å². The molecule has 2 aliphatic heterocycles. The van der Waals surface area contributed by atoms with Gasteiger partial charge in [0.15, 0.2) is 0 Å². The van der Waals surface area contributed by atoms with Crippen LogP contribution in [0.5, 0.6) is 0 Å². The standard InChI is InChI=1S/C11H20N2O2/c14-11-4-3-10(13-11)7-12-6-9-2-1-5-15-8-9/h9-10,12H,1-8H2,(H,13,14). The molecule has 2 saturated heterocycles. The van der Waals surface area contributed by atoms with Gasteiger partial charge in [0.2, 0.25) is 5.91 Å². The molecule has 2 N–H and O–H groups in total. The van der Waals surface area contributed by atoms with Crippen LogP contribution in [0.2, 0.25) is 0 Å². The topological polar surface area (TPSA) is 50.4 Å². The molecule has 86 valence electrons. The molecule has 2 heterocycles. The largest absolute Gasteiger partial charge is 0.381 e. The Kier molecular flexibility index (Phi) is 3.97. The van der Waals surface area contributed by atoms with Gasteiger partial charge in [0, 0.05) is 32.2 Å². The Morgan fingerprint density at radius 3 is 3.00 bits per heavy atom. The number of nitrogens with one attached hydrogen (secondary N) is 2. The summed E-state index contributed by atoms with van der Waals surface area (Å²) < 4.78 is 5.41. The summed E-state index contributed by atoms with van der Waals surface area (Å²) >= 11 is 0. The average molecular weight is 212 g/mol. The molecule has 0 aliphatic carbocycles. The van der Waals surface area contributed by atoms with Gasteiger partial charge in [0.25, 0.3) is 0 Å². The van der Waals surface area contributed by atoms with Crippen molar-refractivity contribution < 1.29 is 9.53 Å². The van der Waals surface area contributed by atoms with Crippen molar-refractivity contribution >= 4 is 5.91 Å². The third-order valence-electron chi connectivity index (χ3n) is 3.16. The number of carbonyl (C=O) groups is 1. The first-order valence-electron chi connectivity index (χ1n) is 5.92. The van der Waals surface area contributed by atoms with E-state index in [0.29, 0.717) is 18.4 Å². The average Bonchev–Trinajstić information content (AvgIpc) is 2.66. The van der Waals surface area contributed by atoms with Crippen molar-refractivity contribution in [2.75, 3.05) is 26.3 Å². The molecule has 0 bridgehead atoms. The van der Waals surface area contributed by atoms with Gasteiger partial charge in [-0.25, -0.2) is 0 Å². The number of hydrogen-bond donors (Lipinski definition) is 2. The minimum atomic E-state index is 0.197. The minimum Gasteiger partial charge on any atom is -0.381 e. The molecule has 0 aromatic carbocycles. The van der Waals surface area contributed by atoms with Gasteiger partial charge in [-0.2, -0.15) is 0 Å². The molecule has 4 heteroatoms. The highest BCUT2D eigenvalue weighted by molar-refractivity contribution is 5.78. The van der Waals surface area contributed by atoms with Crippen LogP contribution in [0.15, 0.2) is 0 Å². The second-order valence-corrected chi connectivity index (χ2v) is 4.54. The molecular formula is C11H20N2O2. The van der Waals surface area contributed by atoms with Gasteiger partial charge < -0.3 is 15.4 Å². The maximum Gasteiger partial charge on any atom is 0.220 e. The van der Waals surface area contributed by atoms with Crippen LogP contribution >= 0.6 is 0 Å². The number of ether oxygens (including phenoxy) is 1. The molecule has 2 atom stereocenters. The smallest absolute Gasteiger partial charge is 0.220 e. The molecule has 0 saturated carbocycles. The zero-order chi connectivity index (χ0) is 10.5. The second-order valence-electron chi connectivity index (χ2n) is 4.54. The lowest BCUT2D eigenvalue weighted by Gasteiger charge is -2.23. The van der Waals surface area contributed by atoms with E-state index in [1.165, 1.54) is 12.8 Å².